The first-order valence-corrected chi connectivity index (χ1v) is 8.66. The zero-order chi connectivity index (χ0) is 14.4. The predicted octanol–water partition coefficient (Wildman–Crippen LogP) is 4.59. The van der Waals surface area contributed by atoms with E-state index in [0.717, 1.165) is 35.1 Å². The SMILES string of the molecule is COc1ccc(Br)cc1CNCC1CCCCC1CCl. The van der Waals surface area contributed by atoms with Crippen LogP contribution in [0.1, 0.15) is 31.2 Å². The van der Waals surface area contributed by atoms with E-state index in [1.807, 2.05) is 12.1 Å². The van der Waals surface area contributed by atoms with Gasteiger partial charge in [0.25, 0.3) is 0 Å². The van der Waals surface area contributed by atoms with Crippen LogP contribution in [0.15, 0.2) is 22.7 Å². The van der Waals surface area contributed by atoms with E-state index >= 15 is 0 Å². The topological polar surface area (TPSA) is 21.3 Å². The van der Waals surface area contributed by atoms with Gasteiger partial charge in [0, 0.05) is 22.5 Å². The maximum absolute atomic E-state index is 6.09. The van der Waals surface area contributed by atoms with E-state index in [4.69, 9.17) is 16.3 Å². The first-order chi connectivity index (χ1) is 9.74. The second-order valence-electron chi connectivity index (χ2n) is 5.55. The summed E-state index contributed by atoms with van der Waals surface area (Å²) in [5.41, 5.74) is 1.19. The maximum atomic E-state index is 6.09. The Balaban J connectivity index is 1.87. The van der Waals surface area contributed by atoms with Crippen molar-refractivity contribution in [1.29, 1.82) is 0 Å². The van der Waals surface area contributed by atoms with Gasteiger partial charge in [-0.15, -0.1) is 11.6 Å². The molecule has 1 aromatic carbocycles. The monoisotopic (exact) mass is 359 g/mol. The van der Waals surface area contributed by atoms with Crippen LogP contribution in [0, 0.1) is 11.8 Å². The summed E-state index contributed by atoms with van der Waals surface area (Å²) in [6.07, 6.45) is 5.28. The van der Waals surface area contributed by atoms with Crippen molar-refractivity contribution < 1.29 is 4.74 Å². The third kappa shape index (κ3) is 4.37. The van der Waals surface area contributed by atoms with Gasteiger partial charge in [-0.05, 0) is 49.4 Å². The molecule has 0 radical (unpaired) electrons. The lowest BCUT2D eigenvalue weighted by atomic mass is 9.80. The Morgan fingerprint density at radius 1 is 1.30 bits per heavy atom. The molecular weight excluding hydrogens is 338 g/mol. The van der Waals surface area contributed by atoms with E-state index in [9.17, 15) is 0 Å². The molecule has 20 heavy (non-hydrogen) atoms. The summed E-state index contributed by atoms with van der Waals surface area (Å²) < 4.78 is 6.49. The molecule has 0 aromatic heterocycles. The van der Waals surface area contributed by atoms with E-state index in [2.05, 4.69) is 27.3 Å². The van der Waals surface area contributed by atoms with Gasteiger partial charge >= 0.3 is 0 Å². The molecule has 0 aliphatic heterocycles. The predicted molar refractivity (Wildman–Crippen MR) is 88.6 cm³/mol. The van der Waals surface area contributed by atoms with Gasteiger partial charge in [0.15, 0.2) is 0 Å². The van der Waals surface area contributed by atoms with Gasteiger partial charge in [0.05, 0.1) is 7.11 Å². The van der Waals surface area contributed by atoms with Crippen LogP contribution in [0.4, 0.5) is 0 Å². The number of rotatable bonds is 6. The molecule has 2 atom stereocenters. The highest BCUT2D eigenvalue weighted by molar-refractivity contribution is 9.10. The highest BCUT2D eigenvalue weighted by Crippen LogP contribution is 2.30. The molecule has 1 aliphatic carbocycles. The molecule has 0 spiro atoms. The molecule has 2 nitrogen and oxygen atoms in total. The Kier molecular flexibility index (Phi) is 6.66. The first-order valence-electron chi connectivity index (χ1n) is 7.33. The van der Waals surface area contributed by atoms with Crippen LogP contribution < -0.4 is 10.1 Å². The third-order valence-electron chi connectivity index (χ3n) is 4.23. The second kappa shape index (κ2) is 8.26. The quantitative estimate of drug-likeness (QED) is 0.749. The fraction of sp³-hybridized carbons (Fsp3) is 0.625. The van der Waals surface area contributed by atoms with Crippen LogP contribution in [0.25, 0.3) is 0 Å². The molecule has 2 rings (SSSR count). The van der Waals surface area contributed by atoms with Crippen LogP contribution in [0.3, 0.4) is 0 Å². The third-order valence-corrected chi connectivity index (χ3v) is 5.12. The number of benzene rings is 1. The Morgan fingerprint density at radius 3 is 2.75 bits per heavy atom. The van der Waals surface area contributed by atoms with Gasteiger partial charge in [0.1, 0.15) is 5.75 Å². The van der Waals surface area contributed by atoms with Gasteiger partial charge in [0.2, 0.25) is 0 Å². The molecule has 0 bridgehead atoms. The van der Waals surface area contributed by atoms with Crippen LogP contribution in [0.5, 0.6) is 5.75 Å². The zero-order valence-corrected chi connectivity index (χ0v) is 14.3. The van der Waals surface area contributed by atoms with E-state index in [-0.39, 0.29) is 0 Å². The molecule has 1 aromatic rings. The van der Waals surface area contributed by atoms with Crippen molar-refractivity contribution in [2.45, 2.75) is 32.2 Å². The summed E-state index contributed by atoms with van der Waals surface area (Å²) in [6.45, 7) is 1.89. The van der Waals surface area contributed by atoms with Gasteiger partial charge in [-0.25, -0.2) is 0 Å². The molecule has 112 valence electrons. The van der Waals surface area contributed by atoms with Crippen molar-refractivity contribution in [2.75, 3.05) is 19.5 Å². The van der Waals surface area contributed by atoms with Crippen LogP contribution >= 0.6 is 27.5 Å². The maximum Gasteiger partial charge on any atom is 0.123 e. The Labute approximate surface area is 135 Å². The summed E-state index contributed by atoms with van der Waals surface area (Å²) in [7, 11) is 1.72. The molecule has 1 saturated carbocycles. The Hall–Kier alpha value is -0.250. The normalized spacial score (nSPS) is 22.8. The van der Waals surface area contributed by atoms with Gasteiger partial charge in [-0.1, -0.05) is 28.8 Å². The van der Waals surface area contributed by atoms with Crippen molar-refractivity contribution in [3.05, 3.63) is 28.2 Å². The summed E-state index contributed by atoms with van der Waals surface area (Å²) in [5, 5.41) is 3.58. The average molecular weight is 361 g/mol. The Morgan fingerprint density at radius 2 is 2.05 bits per heavy atom. The average Bonchev–Trinajstić information content (AvgIpc) is 2.48. The minimum atomic E-state index is 0.683. The van der Waals surface area contributed by atoms with Gasteiger partial charge < -0.3 is 10.1 Å². The van der Waals surface area contributed by atoms with Crippen molar-refractivity contribution in [1.82, 2.24) is 5.32 Å². The second-order valence-corrected chi connectivity index (χ2v) is 6.77. The summed E-state index contributed by atoms with van der Waals surface area (Å²) in [5.74, 6) is 3.15. The Bertz CT molecular complexity index is 427. The van der Waals surface area contributed by atoms with E-state index in [1.165, 1.54) is 31.2 Å². The number of hydrogen-bond donors (Lipinski definition) is 1. The molecule has 0 amide bonds. The zero-order valence-electron chi connectivity index (χ0n) is 12.0. The molecule has 4 heteroatoms. The summed E-state index contributed by atoms with van der Waals surface area (Å²) in [6, 6.07) is 6.13. The summed E-state index contributed by atoms with van der Waals surface area (Å²) in [4.78, 5) is 0. The van der Waals surface area contributed by atoms with Crippen molar-refractivity contribution in [2.24, 2.45) is 11.8 Å². The minimum absolute atomic E-state index is 0.683. The highest BCUT2D eigenvalue weighted by atomic mass is 79.9. The number of nitrogens with one attached hydrogen (secondary N) is 1. The molecule has 0 heterocycles. The van der Waals surface area contributed by atoms with Crippen molar-refractivity contribution >= 4 is 27.5 Å². The highest BCUT2D eigenvalue weighted by Gasteiger charge is 2.23. The van der Waals surface area contributed by atoms with Gasteiger partial charge in [-0.2, -0.15) is 0 Å². The molecule has 1 fully saturated rings. The number of hydrogen-bond acceptors (Lipinski definition) is 2. The van der Waals surface area contributed by atoms with Crippen LogP contribution in [-0.4, -0.2) is 19.5 Å². The molecule has 1 N–H and O–H groups in total. The fourth-order valence-corrected chi connectivity index (χ4v) is 3.85. The molecule has 0 saturated heterocycles. The smallest absolute Gasteiger partial charge is 0.123 e. The number of alkyl halides is 1. The van der Waals surface area contributed by atoms with Crippen LogP contribution in [0.2, 0.25) is 0 Å². The lowest BCUT2D eigenvalue weighted by Gasteiger charge is -2.30. The standard InChI is InChI=1S/C16H23BrClNO/c1-20-16-7-6-15(17)8-14(16)11-19-10-13-5-3-2-4-12(13)9-18/h6-8,12-13,19H,2-5,9-11H2,1H3. The van der Waals surface area contributed by atoms with E-state index in [1.54, 1.807) is 7.11 Å². The lowest BCUT2D eigenvalue weighted by Crippen LogP contribution is -2.31. The summed E-state index contributed by atoms with van der Waals surface area (Å²) >= 11 is 9.60. The lowest BCUT2D eigenvalue weighted by molar-refractivity contribution is 0.250. The van der Waals surface area contributed by atoms with Gasteiger partial charge in [-0.3, -0.25) is 0 Å². The van der Waals surface area contributed by atoms with Crippen molar-refractivity contribution in [3.8, 4) is 5.75 Å². The number of halogens is 2. The van der Waals surface area contributed by atoms with Crippen LogP contribution in [-0.2, 0) is 6.54 Å². The number of methoxy groups -OCH3 is 1. The van der Waals surface area contributed by atoms with Crippen molar-refractivity contribution in [3.63, 3.8) is 0 Å². The minimum Gasteiger partial charge on any atom is -0.496 e. The number of ether oxygens (including phenoxy) is 1. The van der Waals surface area contributed by atoms with E-state index in [0.29, 0.717) is 5.92 Å². The molecule has 2 unspecified atom stereocenters. The molecule has 1 aliphatic rings. The first kappa shape index (κ1) is 16.1. The van der Waals surface area contributed by atoms with E-state index < -0.39 is 0 Å². The molecular formula is C16H23BrClNO. The largest absolute Gasteiger partial charge is 0.496 e. The fourth-order valence-electron chi connectivity index (χ4n) is 3.03.